The van der Waals surface area contributed by atoms with Gasteiger partial charge in [0.2, 0.25) is 5.91 Å². The van der Waals surface area contributed by atoms with Crippen LogP contribution in [0.2, 0.25) is 0 Å². The average Bonchev–Trinajstić information content (AvgIpc) is 3.30. The molecule has 0 bridgehead atoms. The molecule has 2 fully saturated rings. The molecule has 4 rings (SSSR count). The van der Waals surface area contributed by atoms with Gasteiger partial charge in [0, 0.05) is 23.0 Å². The van der Waals surface area contributed by atoms with Gasteiger partial charge in [-0.2, -0.15) is 0 Å². The fourth-order valence-electron chi connectivity index (χ4n) is 4.87. The Morgan fingerprint density at radius 1 is 1.21 bits per heavy atom. The number of fused-ring (bicyclic) bond motifs is 1. The van der Waals surface area contributed by atoms with Gasteiger partial charge in [0.05, 0.1) is 26.3 Å². The number of ether oxygens (including phenoxy) is 2. The van der Waals surface area contributed by atoms with E-state index in [1.54, 1.807) is 25.6 Å². The molecule has 0 radical (unpaired) electrons. The number of likely N-dealkylation sites (tertiary alicyclic amines) is 1. The molecule has 1 saturated carbocycles. The van der Waals surface area contributed by atoms with E-state index in [1.807, 2.05) is 23.6 Å². The Balaban J connectivity index is 1.48. The minimum absolute atomic E-state index is 0.228. The van der Waals surface area contributed by atoms with Crippen LogP contribution in [0, 0.1) is 5.92 Å². The lowest BCUT2D eigenvalue weighted by molar-refractivity contribution is -0.133. The third-order valence-electron chi connectivity index (χ3n) is 6.15. The predicted octanol–water partition coefficient (Wildman–Crippen LogP) is 4.55. The van der Waals surface area contributed by atoms with Crippen LogP contribution >= 0.6 is 11.3 Å². The number of hydrogen-bond acceptors (Lipinski definition) is 5. The molecule has 1 amide bonds. The van der Waals surface area contributed by atoms with Crippen LogP contribution in [0.1, 0.15) is 44.7 Å². The number of rotatable bonds is 5. The third kappa shape index (κ3) is 3.62. The highest BCUT2D eigenvalue weighted by Gasteiger charge is 2.42. The number of aromatic nitrogens is 1. The Labute approximate surface area is 170 Å². The Hall–Kier alpha value is -2.08. The van der Waals surface area contributed by atoms with Crippen molar-refractivity contribution in [1.29, 1.82) is 0 Å². The molecule has 1 saturated heterocycles. The van der Waals surface area contributed by atoms with Gasteiger partial charge in [-0.15, -0.1) is 11.3 Å². The summed E-state index contributed by atoms with van der Waals surface area (Å²) < 4.78 is 10.7. The van der Waals surface area contributed by atoms with Crippen molar-refractivity contribution in [3.05, 3.63) is 29.3 Å². The zero-order chi connectivity index (χ0) is 19.7. The fourth-order valence-corrected chi connectivity index (χ4v) is 5.69. The minimum atomic E-state index is 0.228. The molecule has 2 heterocycles. The maximum absolute atomic E-state index is 13.1. The first kappa shape index (κ1) is 19.2. The van der Waals surface area contributed by atoms with Gasteiger partial charge in [0.1, 0.15) is 5.01 Å². The summed E-state index contributed by atoms with van der Waals surface area (Å²) in [5.74, 6) is 2.31. The van der Waals surface area contributed by atoms with Crippen LogP contribution in [0.15, 0.2) is 23.6 Å². The third-order valence-corrected chi connectivity index (χ3v) is 7.09. The van der Waals surface area contributed by atoms with Crippen molar-refractivity contribution in [3.63, 3.8) is 0 Å². The Bertz CT molecular complexity index is 850. The smallest absolute Gasteiger partial charge is 0.229 e. The van der Waals surface area contributed by atoms with Crippen molar-refractivity contribution in [2.45, 2.75) is 57.5 Å². The zero-order valence-corrected chi connectivity index (χ0v) is 17.6. The second-order valence-electron chi connectivity index (χ2n) is 7.89. The van der Waals surface area contributed by atoms with E-state index < -0.39 is 0 Å². The molecule has 0 spiro atoms. The van der Waals surface area contributed by atoms with Gasteiger partial charge < -0.3 is 14.4 Å². The number of carbonyl (C=O) groups excluding carboxylic acids is 1. The normalized spacial score (nSPS) is 24.1. The summed E-state index contributed by atoms with van der Waals surface area (Å²) in [5.41, 5.74) is 1.83. The van der Waals surface area contributed by atoms with E-state index >= 15 is 0 Å². The summed E-state index contributed by atoms with van der Waals surface area (Å²) in [6.07, 6.45) is 6.55. The van der Waals surface area contributed by atoms with Crippen LogP contribution in [-0.2, 0) is 11.2 Å². The highest BCUT2D eigenvalue weighted by Crippen LogP contribution is 2.40. The first-order valence-corrected chi connectivity index (χ1v) is 11.0. The number of methoxy groups -OCH3 is 2. The molecule has 0 N–H and O–H groups in total. The number of amides is 1. The second-order valence-corrected chi connectivity index (χ2v) is 8.75. The molecule has 2 aliphatic rings. The quantitative estimate of drug-likeness (QED) is 0.739. The van der Waals surface area contributed by atoms with E-state index in [4.69, 9.17) is 14.5 Å². The van der Waals surface area contributed by atoms with Crippen LogP contribution in [0.25, 0.3) is 10.6 Å². The fraction of sp³-hybridized carbons (Fsp3) is 0.545. The summed E-state index contributed by atoms with van der Waals surface area (Å²) in [7, 11) is 3.25. The molecule has 150 valence electrons. The van der Waals surface area contributed by atoms with E-state index in [0.717, 1.165) is 29.1 Å². The molecule has 3 unspecified atom stereocenters. The summed E-state index contributed by atoms with van der Waals surface area (Å²) in [6, 6.07) is 6.58. The number of nitrogens with zero attached hydrogens (tertiary/aromatic N) is 2. The van der Waals surface area contributed by atoms with Crippen LogP contribution < -0.4 is 9.47 Å². The van der Waals surface area contributed by atoms with Crippen LogP contribution in [0.4, 0.5) is 0 Å². The molecule has 3 atom stereocenters. The highest BCUT2D eigenvalue weighted by atomic mass is 32.1. The zero-order valence-electron chi connectivity index (χ0n) is 16.8. The minimum Gasteiger partial charge on any atom is -0.493 e. The standard InChI is InChI=1S/C22H28N2O3S/c1-14-10-15-6-4-5-7-18(15)24(14)21(25)12-17-13-28-22(23-17)16-8-9-19(26-2)20(11-16)27-3/h8-9,11,13-15,18H,4-7,10,12H2,1-3H3. The molecular weight excluding hydrogens is 372 g/mol. The van der Waals surface area contributed by atoms with Crippen molar-refractivity contribution in [1.82, 2.24) is 9.88 Å². The maximum Gasteiger partial charge on any atom is 0.229 e. The lowest BCUT2D eigenvalue weighted by Crippen LogP contribution is -2.43. The molecule has 1 aliphatic carbocycles. The molecule has 28 heavy (non-hydrogen) atoms. The van der Waals surface area contributed by atoms with Crippen molar-refractivity contribution in [3.8, 4) is 22.1 Å². The highest BCUT2D eigenvalue weighted by molar-refractivity contribution is 7.13. The predicted molar refractivity (Wildman–Crippen MR) is 111 cm³/mol. The summed E-state index contributed by atoms with van der Waals surface area (Å²) in [4.78, 5) is 20.0. The number of thiazole rings is 1. The van der Waals surface area contributed by atoms with Crippen molar-refractivity contribution < 1.29 is 14.3 Å². The largest absolute Gasteiger partial charge is 0.493 e. The molecule has 1 aromatic heterocycles. The lowest BCUT2D eigenvalue weighted by Gasteiger charge is -2.33. The molecule has 1 aromatic carbocycles. The van der Waals surface area contributed by atoms with Crippen molar-refractivity contribution in [2.75, 3.05) is 14.2 Å². The van der Waals surface area contributed by atoms with Crippen molar-refractivity contribution >= 4 is 17.2 Å². The Kier molecular flexibility index (Phi) is 5.58. The van der Waals surface area contributed by atoms with E-state index in [9.17, 15) is 4.79 Å². The first-order chi connectivity index (χ1) is 13.6. The Morgan fingerprint density at radius 2 is 2.00 bits per heavy atom. The SMILES string of the molecule is COc1ccc(-c2nc(CC(=O)N3C(C)CC4CCCCC43)cs2)cc1OC. The van der Waals surface area contributed by atoms with E-state index in [-0.39, 0.29) is 5.91 Å². The van der Waals surface area contributed by atoms with Gasteiger partial charge in [-0.1, -0.05) is 12.8 Å². The van der Waals surface area contributed by atoms with Gasteiger partial charge >= 0.3 is 0 Å². The molecule has 5 nitrogen and oxygen atoms in total. The van der Waals surface area contributed by atoms with Crippen molar-refractivity contribution in [2.24, 2.45) is 5.92 Å². The number of benzene rings is 1. The number of carbonyl (C=O) groups is 1. The molecule has 1 aliphatic heterocycles. The average molecular weight is 401 g/mol. The summed E-state index contributed by atoms with van der Waals surface area (Å²) in [5, 5.41) is 2.90. The monoisotopic (exact) mass is 400 g/mol. The summed E-state index contributed by atoms with van der Waals surface area (Å²) >= 11 is 1.57. The Morgan fingerprint density at radius 3 is 2.79 bits per heavy atom. The maximum atomic E-state index is 13.1. The molecular formula is C22H28N2O3S. The second kappa shape index (κ2) is 8.11. The van der Waals surface area contributed by atoms with E-state index in [1.165, 1.54) is 19.3 Å². The topological polar surface area (TPSA) is 51.7 Å². The summed E-state index contributed by atoms with van der Waals surface area (Å²) in [6.45, 7) is 2.20. The van der Waals surface area contributed by atoms with Crippen LogP contribution in [0.5, 0.6) is 11.5 Å². The van der Waals surface area contributed by atoms with Crippen LogP contribution in [-0.4, -0.2) is 42.1 Å². The van der Waals surface area contributed by atoms with Gasteiger partial charge in [-0.05, 0) is 50.3 Å². The van der Waals surface area contributed by atoms with E-state index in [2.05, 4.69) is 11.8 Å². The van der Waals surface area contributed by atoms with Crippen LogP contribution in [0.3, 0.4) is 0 Å². The number of hydrogen-bond donors (Lipinski definition) is 0. The van der Waals surface area contributed by atoms with Gasteiger partial charge in [-0.25, -0.2) is 4.98 Å². The molecule has 2 aromatic rings. The van der Waals surface area contributed by atoms with Gasteiger partial charge in [0.15, 0.2) is 11.5 Å². The van der Waals surface area contributed by atoms with E-state index in [0.29, 0.717) is 35.9 Å². The molecule has 6 heteroatoms. The lowest BCUT2D eigenvalue weighted by atomic mass is 9.85. The van der Waals surface area contributed by atoms with Gasteiger partial charge in [0.25, 0.3) is 0 Å². The van der Waals surface area contributed by atoms with Gasteiger partial charge in [-0.3, -0.25) is 4.79 Å². The first-order valence-electron chi connectivity index (χ1n) is 10.1.